The number of nitrogens with two attached hydrogens (primary N) is 1. The van der Waals surface area contributed by atoms with Gasteiger partial charge in [-0.3, -0.25) is 16.3 Å². The SMILES string of the molecule is Cc1ccncc1C(Cc1ccc(I)cc1)NN. The molecule has 0 aliphatic carbocycles. The van der Waals surface area contributed by atoms with Gasteiger partial charge in [-0.25, -0.2) is 0 Å². The summed E-state index contributed by atoms with van der Waals surface area (Å²) >= 11 is 2.31. The zero-order valence-corrected chi connectivity index (χ0v) is 12.4. The van der Waals surface area contributed by atoms with Crippen LogP contribution >= 0.6 is 22.6 Å². The Morgan fingerprint density at radius 2 is 2.00 bits per heavy atom. The number of aromatic nitrogens is 1. The molecule has 1 aromatic carbocycles. The van der Waals surface area contributed by atoms with Crippen molar-refractivity contribution in [3.63, 3.8) is 0 Å². The lowest BCUT2D eigenvalue weighted by Crippen LogP contribution is -2.30. The molecule has 3 N–H and O–H groups in total. The van der Waals surface area contributed by atoms with E-state index in [-0.39, 0.29) is 6.04 Å². The lowest BCUT2D eigenvalue weighted by atomic mass is 9.98. The van der Waals surface area contributed by atoms with Crippen molar-refractivity contribution in [3.05, 3.63) is 63.0 Å². The first-order valence-corrected chi connectivity index (χ1v) is 6.89. The van der Waals surface area contributed by atoms with Gasteiger partial charge < -0.3 is 0 Å². The first-order chi connectivity index (χ1) is 8.70. The smallest absolute Gasteiger partial charge is 0.0518 e. The Labute approximate surface area is 121 Å². The molecule has 0 saturated carbocycles. The highest BCUT2D eigenvalue weighted by Gasteiger charge is 2.12. The van der Waals surface area contributed by atoms with Gasteiger partial charge in [-0.15, -0.1) is 0 Å². The molecule has 0 amide bonds. The molecule has 0 radical (unpaired) electrons. The minimum atomic E-state index is 0.0961. The second-order valence-corrected chi connectivity index (χ2v) is 5.53. The highest BCUT2D eigenvalue weighted by molar-refractivity contribution is 14.1. The van der Waals surface area contributed by atoms with E-state index in [0.29, 0.717) is 0 Å². The highest BCUT2D eigenvalue weighted by atomic mass is 127. The largest absolute Gasteiger partial charge is 0.271 e. The molecular weight excluding hydrogens is 337 g/mol. The lowest BCUT2D eigenvalue weighted by molar-refractivity contribution is 0.547. The predicted octanol–water partition coefficient (Wildman–Crippen LogP) is 2.74. The predicted molar refractivity (Wildman–Crippen MR) is 81.9 cm³/mol. The van der Waals surface area contributed by atoms with Crippen LogP contribution in [0.2, 0.25) is 0 Å². The fourth-order valence-corrected chi connectivity index (χ4v) is 2.32. The Morgan fingerprint density at radius 1 is 1.28 bits per heavy atom. The first kappa shape index (κ1) is 13.5. The van der Waals surface area contributed by atoms with Gasteiger partial charge in [0, 0.05) is 16.0 Å². The molecule has 0 spiro atoms. The molecule has 1 atom stereocenters. The van der Waals surface area contributed by atoms with Gasteiger partial charge >= 0.3 is 0 Å². The molecule has 94 valence electrons. The van der Waals surface area contributed by atoms with E-state index in [0.717, 1.165) is 12.0 Å². The third kappa shape index (κ3) is 3.28. The summed E-state index contributed by atoms with van der Waals surface area (Å²) in [5, 5.41) is 0. The summed E-state index contributed by atoms with van der Waals surface area (Å²) in [6.07, 6.45) is 4.55. The molecule has 2 aromatic rings. The van der Waals surface area contributed by atoms with E-state index in [4.69, 9.17) is 5.84 Å². The third-order valence-electron chi connectivity index (χ3n) is 3.01. The van der Waals surface area contributed by atoms with E-state index in [1.165, 1.54) is 14.7 Å². The lowest BCUT2D eigenvalue weighted by Gasteiger charge is -2.18. The van der Waals surface area contributed by atoms with E-state index in [9.17, 15) is 0 Å². The number of halogens is 1. The topological polar surface area (TPSA) is 50.9 Å². The van der Waals surface area contributed by atoms with Gasteiger partial charge in [0.1, 0.15) is 0 Å². The summed E-state index contributed by atoms with van der Waals surface area (Å²) in [6.45, 7) is 2.08. The zero-order valence-electron chi connectivity index (χ0n) is 10.2. The fourth-order valence-electron chi connectivity index (χ4n) is 1.96. The number of benzene rings is 1. The van der Waals surface area contributed by atoms with Crippen molar-refractivity contribution in [2.75, 3.05) is 0 Å². The average molecular weight is 353 g/mol. The maximum atomic E-state index is 5.67. The van der Waals surface area contributed by atoms with Crippen LogP contribution in [0, 0.1) is 10.5 Å². The minimum Gasteiger partial charge on any atom is -0.271 e. The molecule has 0 fully saturated rings. The summed E-state index contributed by atoms with van der Waals surface area (Å²) in [5.74, 6) is 5.67. The van der Waals surface area contributed by atoms with E-state index in [1.807, 2.05) is 12.3 Å². The fraction of sp³-hybridized carbons (Fsp3) is 0.214. The Balaban J connectivity index is 2.20. The molecule has 2 rings (SSSR count). The first-order valence-electron chi connectivity index (χ1n) is 5.82. The van der Waals surface area contributed by atoms with Crippen LogP contribution in [-0.4, -0.2) is 4.98 Å². The van der Waals surface area contributed by atoms with E-state index in [2.05, 4.69) is 64.2 Å². The summed E-state index contributed by atoms with van der Waals surface area (Å²) in [7, 11) is 0. The summed E-state index contributed by atoms with van der Waals surface area (Å²) < 4.78 is 1.24. The summed E-state index contributed by atoms with van der Waals surface area (Å²) in [6, 6.07) is 10.6. The second kappa shape index (κ2) is 6.26. The third-order valence-corrected chi connectivity index (χ3v) is 3.73. The molecule has 4 heteroatoms. The van der Waals surface area contributed by atoms with Crippen molar-refractivity contribution < 1.29 is 0 Å². The van der Waals surface area contributed by atoms with Crippen LogP contribution in [0.3, 0.4) is 0 Å². The average Bonchev–Trinajstić information content (AvgIpc) is 2.39. The van der Waals surface area contributed by atoms with Crippen molar-refractivity contribution in [2.24, 2.45) is 5.84 Å². The van der Waals surface area contributed by atoms with Gasteiger partial charge in [0.2, 0.25) is 0 Å². The van der Waals surface area contributed by atoms with Gasteiger partial charge in [-0.05, 0) is 70.8 Å². The van der Waals surface area contributed by atoms with Gasteiger partial charge in [0.05, 0.1) is 6.04 Å². The molecule has 0 aliphatic rings. The standard InChI is InChI=1S/C14H16IN3/c1-10-6-7-17-9-13(10)14(18-16)8-11-2-4-12(15)5-3-11/h2-7,9,14,18H,8,16H2,1H3. The van der Waals surface area contributed by atoms with E-state index < -0.39 is 0 Å². The monoisotopic (exact) mass is 353 g/mol. The normalized spacial score (nSPS) is 12.4. The number of hydrazine groups is 1. The molecule has 1 unspecified atom stereocenters. The Bertz CT molecular complexity index is 511. The van der Waals surface area contributed by atoms with Gasteiger partial charge in [-0.2, -0.15) is 0 Å². The van der Waals surface area contributed by atoms with E-state index in [1.54, 1.807) is 6.20 Å². The minimum absolute atomic E-state index is 0.0961. The van der Waals surface area contributed by atoms with Gasteiger partial charge in [0.25, 0.3) is 0 Å². The second-order valence-electron chi connectivity index (χ2n) is 4.28. The molecule has 1 heterocycles. The maximum Gasteiger partial charge on any atom is 0.0518 e. The summed E-state index contributed by atoms with van der Waals surface area (Å²) in [5.41, 5.74) is 6.50. The van der Waals surface area contributed by atoms with Crippen LogP contribution in [0.25, 0.3) is 0 Å². The van der Waals surface area contributed by atoms with Gasteiger partial charge in [-0.1, -0.05) is 12.1 Å². The van der Waals surface area contributed by atoms with Crippen LogP contribution < -0.4 is 11.3 Å². The summed E-state index contributed by atoms with van der Waals surface area (Å²) in [4.78, 5) is 4.17. The number of pyridine rings is 1. The molecule has 1 aromatic heterocycles. The Morgan fingerprint density at radius 3 is 2.61 bits per heavy atom. The Hall–Kier alpha value is -0.980. The molecule has 3 nitrogen and oxygen atoms in total. The Kier molecular flexibility index (Phi) is 4.68. The van der Waals surface area contributed by atoms with Crippen LogP contribution in [0.4, 0.5) is 0 Å². The van der Waals surface area contributed by atoms with Crippen molar-refractivity contribution in [2.45, 2.75) is 19.4 Å². The number of nitrogens with one attached hydrogen (secondary N) is 1. The van der Waals surface area contributed by atoms with E-state index >= 15 is 0 Å². The van der Waals surface area contributed by atoms with Crippen LogP contribution in [-0.2, 0) is 6.42 Å². The van der Waals surface area contributed by atoms with Crippen LogP contribution in [0.15, 0.2) is 42.7 Å². The molecule has 18 heavy (non-hydrogen) atoms. The van der Waals surface area contributed by atoms with Crippen LogP contribution in [0.5, 0.6) is 0 Å². The molecule has 0 aliphatic heterocycles. The van der Waals surface area contributed by atoms with Crippen molar-refractivity contribution in [1.29, 1.82) is 0 Å². The molecular formula is C14H16IN3. The van der Waals surface area contributed by atoms with Crippen LogP contribution in [0.1, 0.15) is 22.7 Å². The van der Waals surface area contributed by atoms with Crippen molar-refractivity contribution >= 4 is 22.6 Å². The van der Waals surface area contributed by atoms with Crippen molar-refractivity contribution in [1.82, 2.24) is 10.4 Å². The number of nitrogens with zero attached hydrogens (tertiary/aromatic N) is 1. The molecule has 0 bridgehead atoms. The molecule has 0 saturated heterocycles. The van der Waals surface area contributed by atoms with Crippen molar-refractivity contribution in [3.8, 4) is 0 Å². The zero-order chi connectivity index (χ0) is 13.0. The van der Waals surface area contributed by atoms with Gasteiger partial charge in [0.15, 0.2) is 0 Å². The maximum absolute atomic E-state index is 5.67. The number of hydrogen-bond donors (Lipinski definition) is 2. The highest BCUT2D eigenvalue weighted by Crippen LogP contribution is 2.20. The number of hydrogen-bond acceptors (Lipinski definition) is 3. The number of aryl methyl sites for hydroxylation is 1. The quantitative estimate of drug-likeness (QED) is 0.505. The number of rotatable bonds is 4.